The molecule has 1 aliphatic carbocycles. The Hall–Kier alpha value is -0.820. The van der Waals surface area contributed by atoms with Crippen LogP contribution in [-0.4, -0.2) is 45.7 Å². The van der Waals surface area contributed by atoms with Gasteiger partial charge in [0, 0.05) is 30.5 Å². The Bertz CT molecular complexity index is 434. The van der Waals surface area contributed by atoms with E-state index in [0.717, 1.165) is 29.6 Å². The van der Waals surface area contributed by atoms with Crippen molar-refractivity contribution in [2.45, 2.75) is 25.3 Å². The normalized spacial score (nSPS) is 21.3. The van der Waals surface area contributed by atoms with Gasteiger partial charge in [-0.3, -0.25) is 0 Å². The molecule has 1 aliphatic heterocycles. The summed E-state index contributed by atoms with van der Waals surface area (Å²) in [7, 11) is 0. The lowest BCUT2D eigenvalue weighted by Gasteiger charge is -2.27. The average molecular weight is 283 g/mol. The second kappa shape index (κ2) is 5.44. The van der Waals surface area contributed by atoms with Crippen molar-refractivity contribution >= 4 is 29.1 Å². The number of hydrogen-bond acceptors (Lipinski definition) is 5. The van der Waals surface area contributed by atoms with Crippen LogP contribution in [0.2, 0.25) is 0 Å². The van der Waals surface area contributed by atoms with Gasteiger partial charge >= 0.3 is 0 Å². The van der Waals surface area contributed by atoms with Crippen molar-refractivity contribution in [1.29, 1.82) is 0 Å². The Kier molecular flexibility index (Phi) is 3.69. The largest absolute Gasteiger partial charge is 0.370 e. The zero-order valence-electron chi connectivity index (χ0n) is 10.2. The summed E-state index contributed by atoms with van der Waals surface area (Å²) in [6.45, 7) is 2.58. The molecule has 18 heavy (non-hydrogen) atoms. The zero-order valence-corrected chi connectivity index (χ0v) is 11.8. The SMILES string of the molecule is NC(=NCc1nnc(C2CC2)s1)N1CCSCC1. The number of hydrogen-bond donors (Lipinski definition) is 1. The molecule has 0 aromatic carbocycles. The Balaban J connectivity index is 1.57. The number of rotatable bonds is 3. The maximum absolute atomic E-state index is 6.00. The summed E-state index contributed by atoms with van der Waals surface area (Å²) in [4.78, 5) is 6.58. The van der Waals surface area contributed by atoms with E-state index >= 15 is 0 Å². The van der Waals surface area contributed by atoms with Crippen LogP contribution in [0.4, 0.5) is 0 Å². The van der Waals surface area contributed by atoms with Gasteiger partial charge in [-0.25, -0.2) is 4.99 Å². The predicted octanol–water partition coefficient (Wildman–Crippen LogP) is 1.28. The van der Waals surface area contributed by atoms with E-state index in [9.17, 15) is 0 Å². The van der Waals surface area contributed by atoms with Crippen molar-refractivity contribution in [2.75, 3.05) is 24.6 Å². The van der Waals surface area contributed by atoms with Gasteiger partial charge < -0.3 is 10.6 Å². The van der Waals surface area contributed by atoms with Gasteiger partial charge in [-0.15, -0.1) is 10.2 Å². The third kappa shape index (κ3) is 2.95. The van der Waals surface area contributed by atoms with Gasteiger partial charge in [0.1, 0.15) is 10.0 Å². The van der Waals surface area contributed by atoms with Crippen LogP contribution in [0.25, 0.3) is 0 Å². The Labute approximate surface area is 115 Å². The van der Waals surface area contributed by atoms with Crippen LogP contribution in [0, 0.1) is 0 Å². The Morgan fingerprint density at radius 2 is 2.11 bits per heavy atom. The first-order valence-corrected chi connectivity index (χ1v) is 8.25. The van der Waals surface area contributed by atoms with Crippen LogP contribution in [-0.2, 0) is 6.54 Å². The van der Waals surface area contributed by atoms with E-state index in [2.05, 4.69) is 20.1 Å². The molecule has 1 saturated heterocycles. The minimum Gasteiger partial charge on any atom is -0.370 e. The minimum absolute atomic E-state index is 0.569. The molecule has 0 atom stereocenters. The number of nitrogens with zero attached hydrogens (tertiary/aromatic N) is 4. The Morgan fingerprint density at radius 3 is 2.83 bits per heavy atom. The Morgan fingerprint density at radius 1 is 1.33 bits per heavy atom. The van der Waals surface area contributed by atoms with Crippen molar-refractivity contribution in [3.05, 3.63) is 10.0 Å². The molecule has 2 fully saturated rings. The quantitative estimate of drug-likeness (QED) is 0.668. The second-order valence-corrected chi connectivity index (χ2v) is 6.90. The summed E-state index contributed by atoms with van der Waals surface area (Å²) in [5.74, 6) is 3.61. The minimum atomic E-state index is 0.569. The summed E-state index contributed by atoms with van der Waals surface area (Å²) < 4.78 is 0. The maximum atomic E-state index is 6.00. The third-order valence-electron chi connectivity index (χ3n) is 3.12. The van der Waals surface area contributed by atoms with Crippen molar-refractivity contribution in [3.63, 3.8) is 0 Å². The summed E-state index contributed by atoms with van der Waals surface area (Å²) >= 11 is 3.66. The molecule has 98 valence electrons. The first kappa shape index (κ1) is 12.2. The summed E-state index contributed by atoms with van der Waals surface area (Å²) in [5, 5.41) is 10.5. The van der Waals surface area contributed by atoms with Gasteiger partial charge in [0.15, 0.2) is 5.96 Å². The molecular formula is C11H17N5S2. The van der Waals surface area contributed by atoms with Crippen molar-refractivity contribution in [2.24, 2.45) is 10.7 Å². The predicted molar refractivity (Wildman–Crippen MR) is 76.1 cm³/mol. The third-order valence-corrected chi connectivity index (χ3v) is 5.13. The van der Waals surface area contributed by atoms with E-state index in [1.54, 1.807) is 11.3 Å². The maximum Gasteiger partial charge on any atom is 0.191 e. The molecule has 2 aliphatic rings. The molecule has 3 rings (SSSR count). The molecule has 0 amide bonds. The standard InChI is InChI=1S/C11H17N5S2/c12-11(16-3-5-17-6-4-16)13-7-9-14-15-10(18-9)8-1-2-8/h8H,1-7H2,(H2,12,13). The lowest BCUT2D eigenvalue weighted by Crippen LogP contribution is -2.42. The number of aliphatic imine (C=N–C) groups is 1. The number of thioether (sulfide) groups is 1. The molecular weight excluding hydrogens is 266 g/mol. The molecule has 0 radical (unpaired) electrons. The first-order valence-electron chi connectivity index (χ1n) is 6.28. The first-order chi connectivity index (χ1) is 8.83. The molecule has 5 nitrogen and oxygen atoms in total. The van der Waals surface area contributed by atoms with Crippen molar-refractivity contribution < 1.29 is 0 Å². The fourth-order valence-electron chi connectivity index (χ4n) is 1.87. The van der Waals surface area contributed by atoms with Crippen LogP contribution in [0.3, 0.4) is 0 Å². The molecule has 0 unspecified atom stereocenters. The highest BCUT2D eigenvalue weighted by molar-refractivity contribution is 7.99. The summed E-state index contributed by atoms with van der Waals surface area (Å²) in [5.41, 5.74) is 6.00. The highest BCUT2D eigenvalue weighted by Crippen LogP contribution is 2.41. The fourth-order valence-corrected chi connectivity index (χ4v) is 3.71. The monoisotopic (exact) mass is 283 g/mol. The van der Waals surface area contributed by atoms with Crippen LogP contribution < -0.4 is 5.73 Å². The van der Waals surface area contributed by atoms with E-state index in [0.29, 0.717) is 18.4 Å². The topological polar surface area (TPSA) is 67.4 Å². The van der Waals surface area contributed by atoms with Gasteiger partial charge in [-0.2, -0.15) is 11.8 Å². The van der Waals surface area contributed by atoms with E-state index in [1.165, 1.54) is 17.8 Å². The second-order valence-electron chi connectivity index (χ2n) is 4.58. The molecule has 1 aromatic rings. The van der Waals surface area contributed by atoms with Gasteiger partial charge in [0.25, 0.3) is 0 Å². The van der Waals surface area contributed by atoms with Gasteiger partial charge in [0.05, 0.1) is 6.54 Å². The molecule has 7 heteroatoms. The van der Waals surface area contributed by atoms with Crippen LogP contribution in [0.15, 0.2) is 4.99 Å². The summed E-state index contributed by atoms with van der Waals surface area (Å²) in [6.07, 6.45) is 2.54. The van der Waals surface area contributed by atoms with Crippen LogP contribution >= 0.6 is 23.1 Å². The molecule has 2 N–H and O–H groups in total. The fraction of sp³-hybridized carbons (Fsp3) is 0.727. The van der Waals surface area contributed by atoms with Crippen LogP contribution in [0.1, 0.15) is 28.8 Å². The number of nitrogens with two attached hydrogens (primary N) is 1. The van der Waals surface area contributed by atoms with Gasteiger partial charge in [-0.1, -0.05) is 11.3 Å². The highest BCUT2D eigenvalue weighted by atomic mass is 32.2. The van der Waals surface area contributed by atoms with Crippen molar-refractivity contribution in [3.8, 4) is 0 Å². The van der Waals surface area contributed by atoms with Gasteiger partial charge in [-0.05, 0) is 12.8 Å². The van der Waals surface area contributed by atoms with Crippen LogP contribution in [0.5, 0.6) is 0 Å². The average Bonchev–Trinajstić information content (AvgIpc) is 3.16. The molecule has 2 heterocycles. The number of aromatic nitrogens is 2. The molecule has 1 saturated carbocycles. The van der Waals surface area contributed by atoms with Gasteiger partial charge in [0.2, 0.25) is 0 Å². The zero-order chi connectivity index (χ0) is 12.4. The van der Waals surface area contributed by atoms with E-state index in [4.69, 9.17) is 5.73 Å². The molecule has 0 spiro atoms. The summed E-state index contributed by atoms with van der Waals surface area (Å²) in [6, 6.07) is 0. The van der Waals surface area contributed by atoms with E-state index in [1.807, 2.05) is 11.8 Å². The van der Waals surface area contributed by atoms with E-state index in [-0.39, 0.29) is 0 Å². The lowest BCUT2D eigenvalue weighted by atomic mass is 10.5. The molecule has 0 bridgehead atoms. The molecule has 1 aromatic heterocycles. The van der Waals surface area contributed by atoms with E-state index < -0.39 is 0 Å². The smallest absolute Gasteiger partial charge is 0.191 e. The number of guanidine groups is 1. The van der Waals surface area contributed by atoms with Crippen molar-refractivity contribution in [1.82, 2.24) is 15.1 Å². The highest BCUT2D eigenvalue weighted by Gasteiger charge is 2.27. The lowest BCUT2D eigenvalue weighted by molar-refractivity contribution is 0.455.